The Kier molecular flexibility index (Phi) is 7.81. The van der Waals surface area contributed by atoms with Crippen LogP contribution in [0.1, 0.15) is 5.69 Å². The highest BCUT2D eigenvalue weighted by Gasteiger charge is 2.18. The van der Waals surface area contributed by atoms with Gasteiger partial charge in [-0.3, -0.25) is 4.98 Å². The van der Waals surface area contributed by atoms with Crippen molar-refractivity contribution in [2.45, 2.75) is 19.8 Å². The van der Waals surface area contributed by atoms with Gasteiger partial charge in [-0.05, 0) is 48.9 Å². The maximum Gasteiger partial charge on any atom is 0.322 e. The number of anilines is 2. The molecule has 0 radical (unpaired) electrons. The van der Waals surface area contributed by atoms with Crippen molar-refractivity contribution in [3.8, 4) is 28.6 Å². The number of nitrogens with one attached hydrogen (secondary N) is 1. The number of ether oxygens (including phenoxy) is 4. The summed E-state index contributed by atoms with van der Waals surface area (Å²) in [4.78, 5) is 8.77. The number of pyridine rings is 1. The minimum atomic E-state index is -0.540. The van der Waals surface area contributed by atoms with Gasteiger partial charge >= 0.3 is 6.01 Å². The molecule has 35 heavy (non-hydrogen) atoms. The fraction of sp³-hybridized carbons (Fsp3) is 0.240. The van der Waals surface area contributed by atoms with Gasteiger partial charge in [-0.25, -0.2) is 4.68 Å². The number of halogens is 1. The van der Waals surface area contributed by atoms with E-state index in [1.54, 1.807) is 44.3 Å². The van der Waals surface area contributed by atoms with Gasteiger partial charge in [-0.15, -0.1) is 5.10 Å². The van der Waals surface area contributed by atoms with Gasteiger partial charge in [-0.2, -0.15) is 4.98 Å². The number of nitrogens with zero attached hydrogens (tertiary/aromatic N) is 4. The average Bonchev–Trinajstić information content (AvgIpc) is 3.24. The third kappa shape index (κ3) is 5.89. The molecule has 10 heteroatoms. The Hall–Kier alpha value is -3.66. The molecule has 182 valence electrons. The second kappa shape index (κ2) is 11.2. The molecule has 0 amide bonds. The Morgan fingerprint density at radius 3 is 2.51 bits per heavy atom. The lowest BCUT2D eigenvalue weighted by atomic mass is 10.0. The van der Waals surface area contributed by atoms with E-state index < -0.39 is 6.29 Å². The zero-order valence-electron chi connectivity index (χ0n) is 19.9. The van der Waals surface area contributed by atoms with Gasteiger partial charge < -0.3 is 24.3 Å². The standard InChI is InChI=1S/C25H26ClN5O4/c1-16-13-17(11-12-27-16)19-10-9-18(14-22(19)32-2)28-24-29-25(31(30-24)15-23(33-3)34-4)35-21-8-6-5-7-20(21)26/h5-14,23H,15H2,1-4H3,(H,28,30). The highest BCUT2D eigenvalue weighted by molar-refractivity contribution is 6.32. The zero-order valence-corrected chi connectivity index (χ0v) is 20.6. The molecule has 0 spiro atoms. The molecule has 2 aromatic heterocycles. The van der Waals surface area contributed by atoms with Crippen molar-refractivity contribution in [2.24, 2.45) is 0 Å². The van der Waals surface area contributed by atoms with Crippen molar-refractivity contribution in [3.63, 3.8) is 0 Å². The van der Waals surface area contributed by atoms with Crippen LogP contribution in [-0.4, -0.2) is 47.4 Å². The molecule has 0 atom stereocenters. The van der Waals surface area contributed by atoms with Crippen molar-refractivity contribution >= 4 is 23.2 Å². The van der Waals surface area contributed by atoms with Crippen molar-refractivity contribution in [1.82, 2.24) is 19.7 Å². The molecule has 2 aromatic carbocycles. The van der Waals surface area contributed by atoms with E-state index in [0.717, 1.165) is 22.5 Å². The van der Waals surface area contributed by atoms with E-state index in [-0.39, 0.29) is 12.6 Å². The molecule has 0 saturated heterocycles. The number of para-hydroxylation sites is 1. The molecule has 4 aromatic rings. The Balaban J connectivity index is 1.63. The lowest BCUT2D eigenvalue weighted by molar-refractivity contribution is -0.113. The quantitative estimate of drug-likeness (QED) is 0.290. The summed E-state index contributed by atoms with van der Waals surface area (Å²) in [7, 11) is 4.74. The molecule has 9 nitrogen and oxygen atoms in total. The van der Waals surface area contributed by atoms with Crippen LogP contribution >= 0.6 is 11.6 Å². The smallest absolute Gasteiger partial charge is 0.322 e. The zero-order chi connectivity index (χ0) is 24.8. The highest BCUT2D eigenvalue weighted by Crippen LogP contribution is 2.34. The summed E-state index contributed by atoms with van der Waals surface area (Å²) in [5.74, 6) is 1.48. The van der Waals surface area contributed by atoms with Crippen molar-refractivity contribution in [2.75, 3.05) is 26.6 Å². The van der Waals surface area contributed by atoms with Gasteiger partial charge in [0.2, 0.25) is 5.95 Å². The molecule has 0 saturated carbocycles. The number of benzene rings is 2. The number of aromatic nitrogens is 4. The first-order valence-electron chi connectivity index (χ1n) is 10.8. The number of hydrogen-bond donors (Lipinski definition) is 1. The van der Waals surface area contributed by atoms with Crippen LogP contribution < -0.4 is 14.8 Å². The molecule has 4 rings (SSSR count). The summed E-state index contributed by atoms with van der Waals surface area (Å²) in [6.07, 6.45) is 1.24. The first kappa shape index (κ1) is 24.5. The maximum absolute atomic E-state index is 6.27. The van der Waals surface area contributed by atoms with Crippen LogP contribution in [-0.2, 0) is 16.0 Å². The Labute approximate surface area is 208 Å². The van der Waals surface area contributed by atoms with Gasteiger partial charge in [0, 0.05) is 43.4 Å². The summed E-state index contributed by atoms with van der Waals surface area (Å²) in [6, 6.07) is 17.1. The Bertz CT molecular complexity index is 1290. The summed E-state index contributed by atoms with van der Waals surface area (Å²) in [5, 5.41) is 8.20. The molecule has 0 fully saturated rings. The lowest BCUT2D eigenvalue weighted by Crippen LogP contribution is -2.21. The Morgan fingerprint density at radius 2 is 1.80 bits per heavy atom. The van der Waals surface area contributed by atoms with Crippen LogP contribution in [0.15, 0.2) is 60.8 Å². The first-order chi connectivity index (χ1) is 17.0. The second-order valence-corrected chi connectivity index (χ2v) is 7.97. The van der Waals surface area contributed by atoms with E-state index in [1.807, 2.05) is 49.4 Å². The SMILES string of the molecule is COc1cc(Nc2nc(Oc3ccccc3Cl)n(CC(OC)OC)n2)ccc1-c1ccnc(C)c1. The van der Waals surface area contributed by atoms with Gasteiger partial charge in [0.1, 0.15) is 11.5 Å². The number of rotatable bonds is 10. The van der Waals surface area contributed by atoms with E-state index in [4.69, 9.17) is 30.5 Å². The van der Waals surface area contributed by atoms with Gasteiger partial charge in [0.15, 0.2) is 6.29 Å². The fourth-order valence-electron chi connectivity index (χ4n) is 3.44. The largest absolute Gasteiger partial charge is 0.496 e. The molecule has 2 heterocycles. The van der Waals surface area contributed by atoms with Gasteiger partial charge in [0.05, 0.1) is 18.7 Å². The van der Waals surface area contributed by atoms with Gasteiger partial charge in [0.25, 0.3) is 0 Å². The number of methoxy groups -OCH3 is 3. The van der Waals surface area contributed by atoms with E-state index >= 15 is 0 Å². The Morgan fingerprint density at radius 1 is 1.00 bits per heavy atom. The molecule has 0 unspecified atom stereocenters. The molecule has 0 aliphatic heterocycles. The summed E-state index contributed by atoms with van der Waals surface area (Å²) in [5.41, 5.74) is 3.64. The van der Waals surface area contributed by atoms with Crippen molar-refractivity contribution in [1.29, 1.82) is 0 Å². The monoisotopic (exact) mass is 495 g/mol. The van der Waals surface area contributed by atoms with E-state index in [2.05, 4.69) is 20.4 Å². The van der Waals surface area contributed by atoms with Crippen LogP contribution in [0, 0.1) is 6.92 Å². The summed E-state index contributed by atoms with van der Waals surface area (Å²) in [6.45, 7) is 2.21. The summed E-state index contributed by atoms with van der Waals surface area (Å²) < 4.78 is 23.8. The van der Waals surface area contributed by atoms with Crippen LogP contribution in [0.3, 0.4) is 0 Å². The molecule has 0 aliphatic carbocycles. The fourth-order valence-corrected chi connectivity index (χ4v) is 3.61. The topological polar surface area (TPSA) is 92.5 Å². The second-order valence-electron chi connectivity index (χ2n) is 7.56. The lowest BCUT2D eigenvalue weighted by Gasteiger charge is -2.14. The molecule has 0 bridgehead atoms. The molecular weight excluding hydrogens is 470 g/mol. The third-order valence-corrected chi connectivity index (χ3v) is 5.50. The van der Waals surface area contributed by atoms with Crippen LogP contribution in [0.5, 0.6) is 17.5 Å². The van der Waals surface area contributed by atoms with Crippen molar-refractivity contribution < 1.29 is 18.9 Å². The van der Waals surface area contributed by atoms with E-state index in [1.165, 1.54) is 0 Å². The van der Waals surface area contributed by atoms with Crippen LogP contribution in [0.4, 0.5) is 11.6 Å². The third-order valence-electron chi connectivity index (χ3n) is 5.19. The predicted molar refractivity (Wildman–Crippen MR) is 134 cm³/mol. The molecule has 1 N–H and O–H groups in total. The minimum Gasteiger partial charge on any atom is -0.496 e. The summed E-state index contributed by atoms with van der Waals surface area (Å²) >= 11 is 6.27. The molecule has 0 aliphatic rings. The normalized spacial score (nSPS) is 11.0. The van der Waals surface area contributed by atoms with E-state index in [9.17, 15) is 0 Å². The highest BCUT2D eigenvalue weighted by atomic mass is 35.5. The van der Waals surface area contributed by atoms with Crippen molar-refractivity contribution in [3.05, 3.63) is 71.5 Å². The first-order valence-corrected chi connectivity index (χ1v) is 11.2. The number of hydrogen-bond acceptors (Lipinski definition) is 8. The minimum absolute atomic E-state index is 0.232. The van der Waals surface area contributed by atoms with Crippen LogP contribution in [0.25, 0.3) is 11.1 Å². The van der Waals surface area contributed by atoms with Crippen LogP contribution in [0.2, 0.25) is 5.02 Å². The van der Waals surface area contributed by atoms with E-state index in [0.29, 0.717) is 22.5 Å². The predicted octanol–water partition coefficient (Wildman–Crippen LogP) is 5.47. The average molecular weight is 496 g/mol. The molecular formula is C25H26ClN5O4. The maximum atomic E-state index is 6.27. The van der Waals surface area contributed by atoms with Gasteiger partial charge in [-0.1, -0.05) is 23.7 Å². The number of aryl methyl sites for hydroxylation is 1.